The number of carbonyl (C=O) groups excluding carboxylic acids is 2. The van der Waals surface area contributed by atoms with Gasteiger partial charge >= 0.3 is 5.97 Å². The molecule has 1 atom stereocenters. The second-order valence-electron chi connectivity index (χ2n) is 8.33. The van der Waals surface area contributed by atoms with Crippen molar-refractivity contribution < 1.29 is 22.7 Å². The molecule has 1 unspecified atom stereocenters. The Hall–Kier alpha value is -3.07. The molecule has 0 spiro atoms. The van der Waals surface area contributed by atoms with E-state index >= 15 is 0 Å². The molecule has 0 aliphatic carbocycles. The summed E-state index contributed by atoms with van der Waals surface area (Å²) in [4.78, 5) is 27.3. The van der Waals surface area contributed by atoms with E-state index in [2.05, 4.69) is 10.2 Å². The maximum Gasteiger partial charge on any atom is 0.337 e. The van der Waals surface area contributed by atoms with Gasteiger partial charge in [0, 0.05) is 24.7 Å². The Balaban J connectivity index is 1.64. The summed E-state index contributed by atoms with van der Waals surface area (Å²) in [6.45, 7) is 3.62. The minimum Gasteiger partial charge on any atom is -0.465 e. The smallest absolute Gasteiger partial charge is 0.337 e. The van der Waals surface area contributed by atoms with E-state index < -0.39 is 16.0 Å². The van der Waals surface area contributed by atoms with Gasteiger partial charge in [-0.2, -0.15) is 0 Å². The molecule has 2 aliphatic heterocycles. The quantitative estimate of drug-likeness (QED) is 0.694. The number of nitrogens with zero attached hydrogens (tertiary/aromatic N) is 2. The molecular formula is C23H27N3O5S. The van der Waals surface area contributed by atoms with Crippen LogP contribution in [0.5, 0.6) is 0 Å². The number of nitrogens with one attached hydrogen (secondary N) is 1. The van der Waals surface area contributed by atoms with Gasteiger partial charge in [-0.05, 0) is 68.1 Å². The lowest BCUT2D eigenvalue weighted by Gasteiger charge is -2.22. The number of rotatable bonds is 5. The Kier molecular flexibility index (Phi) is 5.85. The Morgan fingerprint density at radius 1 is 1.03 bits per heavy atom. The number of amides is 1. The standard InChI is InChI=1S/C23H27N3O5S/c1-15-12-18-13-16(6-8-20(18)26(15)32(3,29)30)22(27)24-19-14-17(23(28)31-2)7-9-21(19)25-10-4-5-11-25/h6-9,13-15H,4-5,10-12H2,1-3H3,(H,24,27). The number of methoxy groups -OCH3 is 1. The fraction of sp³-hybridized carbons (Fsp3) is 0.391. The highest BCUT2D eigenvalue weighted by molar-refractivity contribution is 7.92. The van der Waals surface area contributed by atoms with Crippen molar-refractivity contribution in [2.24, 2.45) is 0 Å². The van der Waals surface area contributed by atoms with Crippen LogP contribution in [0.4, 0.5) is 17.1 Å². The van der Waals surface area contributed by atoms with E-state index in [-0.39, 0.29) is 11.9 Å². The summed E-state index contributed by atoms with van der Waals surface area (Å²) in [5, 5.41) is 2.95. The topological polar surface area (TPSA) is 96.0 Å². The summed E-state index contributed by atoms with van der Waals surface area (Å²) in [6.07, 6.45) is 3.88. The molecule has 1 N–H and O–H groups in total. The number of hydrogen-bond acceptors (Lipinski definition) is 6. The third-order valence-corrected chi connectivity index (χ3v) is 7.24. The number of sulfonamides is 1. The molecule has 8 nitrogen and oxygen atoms in total. The van der Waals surface area contributed by atoms with Gasteiger partial charge in [0.2, 0.25) is 10.0 Å². The van der Waals surface area contributed by atoms with Crippen LogP contribution < -0.4 is 14.5 Å². The predicted octanol–water partition coefficient (Wildman–Crippen LogP) is 3.04. The Morgan fingerprint density at radius 3 is 2.34 bits per heavy atom. The van der Waals surface area contributed by atoms with Crippen LogP contribution >= 0.6 is 0 Å². The zero-order valence-corrected chi connectivity index (χ0v) is 19.2. The summed E-state index contributed by atoms with van der Waals surface area (Å²) < 4.78 is 30.5. The van der Waals surface area contributed by atoms with Crippen molar-refractivity contribution in [1.29, 1.82) is 0 Å². The second kappa shape index (κ2) is 8.46. The number of carbonyl (C=O) groups is 2. The molecule has 9 heteroatoms. The lowest BCUT2D eigenvalue weighted by molar-refractivity contribution is 0.0600. The largest absolute Gasteiger partial charge is 0.465 e. The lowest BCUT2D eigenvalue weighted by atomic mass is 10.1. The van der Waals surface area contributed by atoms with Crippen molar-refractivity contribution in [1.82, 2.24) is 0 Å². The Morgan fingerprint density at radius 2 is 1.69 bits per heavy atom. The minimum atomic E-state index is -3.39. The third-order valence-electron chi connectivity index (χ3n) is 5.96. The highest BCUT2D eigenvalue weighted by atomic mass is 32.2. The van der Waals surface area contributed by atoms with E-state index in [4.69, 9.17) is 4.74 Å². The molecule has 2 aromatic rings. The van der Waals surface area contributed by atoms with E-state index in [1.807, 2.05) is 13.0 Å². The van der Waals surface area contributed by atoms with Crippen LogP contribution in [-0.4, -0.2) is 52.8 Å². The maximum atomic E-state index is 13.1. The second-order valence-corrected chi connectivity index (χ2v) is 10.2. The first-order chi connectivity index (χ1) is 15.2. The average molecular weight is 458 g/mol. The van der Waals surface area contributed by atoms with Crippen molar-refractivity contribution in [3.05, 3.63) is 53.1 Å². The number of ether oxygens (including phenoxy) is 1. The van der Waals surface area contributed by atoms with Crippen LogP contribution in [0.15, 0.2) is 36.4 Å². The highest BCUT2D eigenvalue weighted by Gasteiger charge is 2.33. The van der Waals surface area contributed by atoms with Crippen LogP contribution in [0.3, 0.4) is 0 Å². The van der Waals surface area contributed by atoms with Crippen molar-refractivity contribution >= 4 is 39.0 Å². The Labute approximate surface area is 188 Å². The third kappa shape index (κ3) is 4.17. The van der Waals surface area contributed by atoms with Crippen LogP contribution in [-0.2, 0) is 21.2 Å². The molecule has 170 valence electrons. The molecule has 2 aromatic carbocycles. The summed E-state index contributed by atoms with van der Waals surface area (Å²) >= 11 is 0. The molecule has 1 saturated heterocycles. The first-order valence-corrected chi connectivity index (χ1v) is 12.4. The normalized spacial score (nSPS) is 17.9. The van der Waals surface area contributed by atoms with Gasteiger partial charge in [-0.1, -0.05) is 0 Å². The van der Waals surface area contributed by atoms with Gasteiger partial charge in [0.1, 0.15) is 0 Å². The number of benzene rings is 2. The zero-order chi connectivity index (χ0) is 23.0. The van der Waals surface area contributed by atoms with E-state index in [1.165, 1.54) is 17.7 Å². The molecule has 4 rings (SSSR count). The molecule has 0 radical (unpaired) electrons. The van der Waals surface area contributed by atoms with Gasteiger partial charge in [0.25, 0.3) is 5.91 Å². The fourth-order valence-electron chi connectivity index (χ4n) is 4.56. The number of esters is 1. The number of fused-ring (bicyclic) bond motifs is 1. The molecule has 1 fully saturated rings. The Bertz CT molecular complexity index is 1170. The summed E-state index contributed by atoms with van der Waals surface area (Å²) in [7, 11) is -2.07. The highest BCUT2D eigenvalue weighted by Crippen LogP contribution is 2.35. The molecule has 0 bridgehead atoms. The molecular weight excluding hydrogens is 430 g/mol. The van der Waals surface area contributed by atoms with E-state index in [9.17, 15) is 18.0 Å². The first kappa shape index (κ1) is 22.1. The summed E-state index contributed by atoms with van der Waals surface area (Å²) in [5.74, 6) is -0.790. The van der Waals surface area contributed by atoms with E-state index in [0.29, 0.717) is 28.9 Å². The molecule has 1 amide bonds. The van der Waals surface area contributed by atoms with E-state index in [1.54, 1.807) is 30.3 Å². The lowest BCUT2D eigenvalue weighted by Crippen LogP contribution is -2.34. The average Bonchev–Trinajstić information content (AvgIpc) is 3.39. The summed E-state index contributed by atoms with van der Waals surface area (Å²) in [6, 6.07) is 10.0. The van der Waals surface area contributed by atoms with Gasteiger partial charge < -0.3 is 15.0 Å². The SMILES string of the molecule is COC(=O)c1ccc(N2CCCC2)c(NC(=O)c2ccc3c(c2)CC(C)N3S(C)(=O)=O)c1. The molecule has 32 heavy (non-hydrogen) atoms. The predicted molar refractivity (Wildman–Crippen MR) is 124 cm³/mol. The van der Waals surface area contributed by atoms with Crippen LogP contribution in [0.25, 0.3) is 0 Å². The molecule has 0 aromatic heterocycles. The first-order valence-electron chi connectivity index (χ1n) is 10.6. The van der Waals surface area contributed by atoms with Crippen LogP contribution in [0, 0.1) is 0 Å². The van der Waals surface area contributed by atoms with Gasteiger partial charge in [0.05, 0.1) is 36.0 Å². The van der Waals surface area contributed by atoms with Gasteiger partial charge in [0.15, 0.2) is 0 Å². The van der Waals surface area contributed by atoms with Gasteiger partial charge in [-0.15, -0.1) is 0 Å². The van der Waals surface area contributed by atoms with Crippen LogP contribution in [0.2, 0.25) is 0 Å². The zero-order valence-electron chi connectivity index (χ0n) is 18.4. The van der Waals surface area contributed by atoms with Crippen LogP contribution in [0.1, 0.15) is 46.0 Å². The summed E-state index contributed by atoms with van der Waals surface area (Å²) in [5.41, 5.74) is 3.63. The number of hydrogen-bond donors (Lipinski definition) is 1. The molecule has 2 aliphatic rings. The molecule has 0 saturated carbocycles. The maximum absolute atomic E-state index is 13.1. The van der Waals surface area contributed by atoms with Gasteiger partial charge in [-0.25, -0.2) is 13.2 Å². The monoisotopic (exact) mass is 457 g/mol. The van der Waals surface area contributed by atoms with E-state index in [0.717, 1.165) is 37.2 Å². The fourth-order valence-corrected chi connectivity index (χ4v) is 5.82. The van der Waals surface area contributed by atoms with Gasteiger partial charge in [-0.3, -0.25) is 9.10 Å². The van der Waals surface area contributed by atoms with Crippen molar-refractivity contribution in [2.45, 2.75) is 32.2 Å². The van der Waals surface area contributed by atoms with Crippen molar-refractivity contribution in [3.8, 4) is 0 Å². The number of anilines is 3. The van der Waals surface area contributed by atoms with Crippen molar-refractivity contribution in [2.75, 3.05) is 41.0 Å². The minimum absolute atomic E-state index is 0.197. The van der Waals surface area contributed by atoms with Crippen molar-refractivity contribution in [3.63, 3.8) is 0 Å². The molecule has 2 heterocycles.